The van der Waals surface area contributed by atoms with Crippen LogP contribution in [0.25, 0.3) is 0 Å². The maximum atomic E-state index is 4.14. The molecule has 1 aliphatic rings. The van der Waals surface area contributed by atoms with Gasteiger partial charge >= 0.3 is 0 Å². The van der Waals surface area contributed by atoms with Gasteiger partial charge in [-0.1, -0.05) is 6.07 Å². The van der Waals surface area contributed by atoms with Gasteiger partial charge in [0.05, 0.1) is 0 Å². The highest BCUT2D eigenvalue weighted by atomic mass is 15.1. The predicted octanol–water partition coefficient (Wildman–Crippen LogP) is 1.50. The number of hydrogen-bond acceptors (Lipinski definition) is 2. The Kier molecular flexibility index (Phi) is 2.09. The Hall–Kier alpha value is -0.890. The molecule has 1 atom stereocenters. The summed E-state index contributed by atoms with van der Waals surface area (Å²) in [5.41, 5.74) is 1.39. The summed E-state index contributed by atoms with van der Waals surface area (Å²) in [6.07, 6.45) is 5.11. The minimum Gasteiger partial charge on any atom is -0.306 e. The molecular formula is C10H14N2. The Morgan fingerprint density at radius 3 is 3.08 bits per heavy atom. The van der Waals surface area contributed by atoms with Crippen molar-refractivity contribution in [2.24, 2.45) is 0 Å². The summed E-state index contributed by atoms with van der Waals surface area (Å²) >= 11 is 0. The minimum atomic E-state index is 0.712. The number of hydrogen-bond donors (Lipinski definition) is 0. The molecule has 2 heteroatoms. The summed E-state index contributed by atoms with van der Waals surface area (Å²) in [5.74, 6) is 0.712. The molecule has 1 saturated heterocycles. The van der Waals surface area contributed by atoms with Crippen molar-refractivity contribution < 1.29 is 0 Å². The Bertz CT molecular complexity index is 245. The topological polar surface area (TPSA) is 16.1 Å². The Labute approximate surface area is 73.2 Å². The summed E-state index contributed by atoms with van der Waals surface area (Å²) < 4.78 is 0. The fraction of sp³-hybridized carbons (Fsp3) is 0.500. The van der Waals surface area contributed by atoms with Gasteiger partial charge in [-0.3, -0.25) is 4.98 Å². The Morgan fingerprint density at radius 2 is 2.50 bits per heavy atom. The van der Waals surface area contributed by atoms with Crippen molar-refractivity contribution in [3.63, 3.8) is 0 Å². The van der Waals surface area contributed by atoms with Gasteiger partial charge < -0.3 is 4.90 Å². The van der Waals surface area contributed by atoms with Crippen LogP contribution in [0.4, 0.5) is 0 Å². The second-order valence-electron chi connectivity index (χ2n) is 3.53. The molecule has 1 aliphatic heterocycles. The number of aromatic nitrogens is 1. The molecule has 1 aromatic rings. The monoisotopic (exact) mass is 162 g/mol. The van der Waals surface area contributed by atoms with Gasteiger partial charge in [0.15, 0.2) is 0 Å². The average molecular weight is 162 g/mol. The minimum absolute atomic E-state index is 0.712. The van der Waals surface area contributed by atoms with Crippen molar-refractivity contribution in [3.8, 4) is 0 Å². The van der Waals surface area contributed by atoms with Gasteiger partial charge in [-0.2, -0.15) is 0 Å². The Morgan fingerprint density at radius 1 is 1.58 bits per heavy atom. The van der Waals surface area contributed by atoms with E-state index in [4.69, 9.17) is 0 Å². The molecule has 0 N–H and O–H groups in total. The fourth-order valence-corrected chi connectivity index (χ4v) is 1.82. The third-order valence-electron chi connectivity index (χ3n) is 2.55. The van der Waals surface area contributed by atoms with Crippen LogP contribution in [0.15, 0.2) is 24.5 Å². The molecule has 64 valence electrons. The second-order valence-corrected chi connectivity index (χ2v) is 3.53. The largest absolute Gasteiger partial charge is 0.306 e. The first kappa shape index (κ1) is 7.74. The van der Waals surface area contributed by atoms with E-state index in [1.54, 1.807) is 0 Å². The van der Waals surface area contributed by atoms with E-state index in [9.17, 15) is 0 Å². The summed E-state index contributed by atoms with van der Waals surface area (Å²) in [5, 5.41) is 0. The number of likely N-dealkylation sites (N-methyl/N-ethyl adjacent to an activating group) is 1. The highest BCUT2D eigenvalue weighted by Gasteiger charge is 2.20. The average Bonchev–Trinajstić information content (AvgIpc) is 2.54. The first-order valence-corrected chi connectivity index (χ1v) is 4.45. The van der Waals surface area contributed by atoms with Crippen LogP contribution in [0.3, 0.4) is 0 Å². The molecule has 0 spiro atoms. The molecule has 0 unspecified atom stereocenters. The van der Waals surface area contributed by atoms with Crippen molar-refractivity contribution in [3.05, 3.63) is 30.1 Å². The second kappa shape index (κ2) is 3.23. The van der Waals surface area contributed by atoms with Crippen LogP contribution >= 0.6 is 0 Å². The predicted molar refractivity (Wildman–Crippen MR) is 49.1 cm³/mol. The van der Waals surface area contributed by atoms with E-state index in [-0.39, 0.29) is 0 Å². The molecule has 0 saturated carbocycles. The molecule has 0 radical (unpaired) electrons. The normalized spacial score (nSPS) is 24.6. The van der Waals surface area contributed by atoms with Crippen LogP contribution in [0, 0.1) is 0 Å². The first-order chi connectivity index (χ1) is 5.86. The van der Waals surface area contributed by atoms with E-state index in [0.29, 0.717) is 5.92 Å². The molecular weight excluding hydrogens is 148 g/mol. The highest BCUT2D eigenvalue weighted by molar-refractivity contribution is 5.16. The quantitative estimate of drug-likeness (QED) is 0.622. The van der Waals surface area contributed by atoms with E-state index in [0.717, 1.165) is 0 Å². The molecule has 1 fully saturated rings. The van der Waals surface area contributed by atoms with E-state index in [1.165, 1.54) is 25.1 Å². The van der Waals surface area contributed by atoms with Gasteiger partial charge in [-0.25, -0.2) is 0 Å². The van der Waals surface area contributed by atoms with E-state index >= 15 is 0 Å². The highest BCUT2D eigenvalue weighted by Crippen LogP contribution is 2.24. The van der Waals surface area contributed by atoms with Gasteiger partial charge in [-0.15, -0.1) is 0 Å². The third-order valence-corrected chi connectivity index (χ3v) is 2.55. The van der Waals surface area contributed by atoms with Gasteiger partial charge in [0.1, 0.15) is 0 Å². The van der Waals surface area contributed by atoms with Crippen LogP contribution in [0.1, 0.15) is 17.9 Å². The van der Waals surface area contributed by atoms with Crippen molar-refractivity contribution >= 4 is 0 Å². The molecule has 0 aliphatic carbocycles. The maximum absolute atomic E-state index is 4.14. The lowest BCUT2D eigenvalue weighted by atomic mass is 10.0. The first-order valence-electron chi connectivity index (χ1n) is 4.45. The summed E-state index contributed by atoms with van der Waals surface area (Å²) in [6.45, 7) is 2.41. The van der Waals surface area contributed by atoms with Crippen molar-refractivity contribution in [2.45, 2.75) is 12.3 Å². The number of likely N-dealkylation sites (tertiary alicyclic amines) is 1. The zero-order chi connectivity index (χ0) is 8.39. The third kappa shape index (κ3) is 1.48. The summed E-state index contributed by atoms with van der Waals surface area (Å²) in [6, 6.07) is 4.20. The van der Waals surface area contributed by atoms with Crippen molar-refractivity contribution in [2.75, 3.05) is 20.1 Å². The molecule has 0 bridgehead atoms. The standard InChI is InChI=1S/C10H14N2/c1-12-6-4-10(8-12)9-3-2-5-11-7-9/h2-3,5,7,10H,4,6,8H2,1H3/t10-/m0/s1. The van der Waals surface area contributed by atoms with Crippen molar-refractivity contribution in [1.82, 2.24) is 9.88 Å². The molecule has 0 amide bonds. The van der Waals surface area contributed by atoms with Gasteiger partial charge in [0, 0.05) is 18.9 Å². The smallest absolute Gasteiger partial charge is 0.0303 e. The van der Waals surface area contributed by atoms with Gasteiger partial charge in [-0.05, 0) is 37.6 Å². The van der Waals surface area contributed by atoms with Crippen LogP contribution < -0.4 is 0 Å². The van der Waals surface area contributed by atoms with Crippen LogP contribution in [-0.4, -0.2) is 30.0 Å². The van der Waals surface area contributed by atoms with Gasteiger partial charge in [0.2, 0.25) is 0 Å². The lowest BCUT2D eigenvalue weighted by molar-refractivity contribution is 0.411. The lowest BCUT2D eigenvalue weighted by Crippen LogP contribution is -2.13. The van der Waals surface area contributed by atoms with Crippen molar-refractivity contribution in [1.29, 1.82) is 0 Å². The van der Waals surface area contributed by atoms with Crippen LogP contribution in [0.5, 0.6) is 0 Å². The number of pyridine rings is 1. The molecule has 2 rings (SSSR count). The summed E-state index contributed by atoms with van der Waals surface area (Å²) in [4.78, 5) is 6.51. The zero-order valence-electron chi connectivity index (χ0n) is 7.40. The molecule has 2 nitrogen and oxygen atoms in total. The molecule has 1 aromatic heterocycles. The van der Waals surface area contributed by atoms with Crippen LogP contribution in [0.2, 0.25) is 0 Å². The van der Waals surface area contributed by atoms with Crippen LogP contribution in [-0.2, 0) is 0 Å². The number of rotatable bonds is 1. The number of nitrogens with zero attached hydrogens (tertiary/aromatic N) is 2. The Balaban J connectivity index is 2.11. The van der Waals surface area contributed by atoms with Gasteiger partial charge in [0.25, 0.3) is 0 Å². The summed E-state index contributed by atoms with van der Waals surface area (Å²) in [7, 11) is 2.18. The van der Waals surface area contributed by atoms with E-state index in [2.05, 4.69) is 23.0 Å². The lowest BCUT2D eigenvalue weighted by Gasteiger charge is -2.09. The molecule has 0 aromatic carbocycles. The molecule has 12 heavy (non-hydrogen) atoms. The maximum Gasteiger partial charge on any atom is 0.0303 e. The SMILES string of the molecule is CN1CC[C@H](c2cccnc2)C1. The fourth-order valence-electron chi connectivity index (χ4n) is 1.82. The molecule has 2 heterocycles. The zero-order valence-corrected chi connectivity index (χ0v) is 7.40. The van der Waals surface area contributed by atoms with E-state index in [1.807, 2.05) is 18.5 Å². The van der Waals surface area contributed by atoms with E-state index < -0.39 is 0 Å².